The van der Waals surface area contributed by atoms with Crippen LogP contribution in [-0.4, -0.2) is 19.9 Å². The van der Waals surface area contributed by atoms with Crippen LogP contribution < -0.4 is 4.72 Å². The second-order valence-corrected chi connectivity index (χ2v) is 6.67. The summed E-state index contributed by atoms with van der Waals surface area (Å²) in [7, 11) is -3.58. The first-order valence-electron chi connectivity index (χ1n) is 5.83. The highest BCUT2D eigenvalue weighted by atomic mass is 35.5. The summed E-state index contributed by atoms with van der Waals surface area (Å²) in [5.74, 6) is 0. The zero-order valence-corrected chi connectivity index (χ0v) is 12.7. The first-order valence-corrected chi connectivity index (χ1v) is 8.06. The molecular weight excluding hydrogens is 319 g/mol. The Morgan fingerprint density at radius 2 is 1.95 bits per heavy atom. The Hall–Kier alpha value is -1.14. The number of halogens is 2. The molecule has 0 aliphatic heterocycles. The number of rotatable bonds is 5. The van der Waals surface area contributed by atoms with Gasteiger partial charge in [0.2, 0.25) is 10.0 Å². The molecule has 1 aromatic carbocycles. The molecule has 106 valence electrons. The Morgan fingerprint density at radius 1 is 1.15 bits per heavy atom. The maximum absolute atomic E-state index is 12.1. The van der Waals surface area contributed by atoms with E-state index in [1.807, 2.05) is 12.1 Å². The van der Waals surface area contributed by atoms with Crippen molar-refractivity contribution in [1.29, 1.82) is 0 Å². The van der Waals surface area contributed by atoms with Gasteiger partial charge in [0.05, 0.1) is 14.9 Å². The molecule has 0 aliphatic rings. The van der Waals surface area contributed by atoms with E-state index in [0.717, 1.165) is 5.56 Å². The normalized spacial score (nSPS) is 11.5. The van der Waals surface area contributed by atoms with E-state index in [1.165, 1.54) is 18.2 Å². The summed E-state index contributed by atoms with van der Waals surface area (Å²) in [6.07, 6.45) is 3.94. The van der Waals surface area contributed by atoms with Gasteiger partial charge in [0.25, 0.3) is 0 Å². The van der Waals surface area contributed by atoms with Crippen LogP contribution in [0, 0.1) is 0 Å². The molecule has 7 heteroatoms. The largest absolute Gasteiger partial charge is 0.264 e. The zero-order valence-electron chi connectivity index (χ0n) is 10.4. The standard InChI is InChI=1S/C13H12Cl2N2O2S/c14-12-4-3-11(8-13(12)15)20(18,19)17-7-5-10-2-1-6-16-9-10/h1-4,6,8-9,17H,5,7H2. The number of aromatic nitrogens is 1. The minimum Gasteiger partial charge on any atom is -0.264 e. The van der Waals surface area contributed by atoms with Gasteiger partial charge in [-0.1, -0.05) is 29.3 Å². The van der Waals surface area contributed by atoms with Crippen LogP contribution in [0.1, 0.15) is 5.56 Å². The van der Waals surface area contributed by atoms with Crippen molar-refractivity contribution in [3.63, 3.8) is 0 Å². The second-order valence-electron chi connectivity index (χ2n) is 4.08. The molecule has 2 rings (SSSR count). The predicted octanol–water partition coefficient (Wildman–Crippen LogP) is 2.91. The average molecular weight is 331 g/mol. The fourth-order valence-electron chi connectivity index (χ4n) is 1.60. The molecule has 0 radical (unpaired) electrons. The molecule has 0 amide bonds. The topological polar surface area (TPSA) is 59.1 Å². The van der Waals surface area contributed by atoms with Gasteiger partial charge >= 0.3 is 0 Å². The first-order chi connectivity index (χ1) is 9.49. The number of hydrogen-bond donors (Lipinski definition) is 1. The highest BCUT2D eigenvalue weighted by Crippen LogP contribution is 2.24. The van der Waals surface area contributed by atoms with Crippen LogP contribution in [0.3, 0.4) is 0 Å². The Bertz CT molecular complexity index is 691. The van der Waals surface area contributed by atoms with E-state index in [-0.39, 0.29) is 16.5 Å². The van der Waals surface area contributed by atoms with Crippen molar-refractivity contribution in [2.75, 3.05) is 6.54 Å². The van der Waals surface area contributed by atoms with Gasteiger partial charge in [0.1, 0.15) is 0 Å². The molecule has 0 fully saturated rings. The van der Waals surface area contributed by atoms with Gasteiger partial charge in [-0.05, 0) is 36.2 Å². The van der Waals surface area contributed by atoms with Crippen molar-refractivity contribution in [3.05, 3.63) is 58.3 Å². The van der Waals surface area contributed by atoms with E-state index < -0.39 is 10.0 Å². The van der Waals surface area contributed by atoms with E-state index >= 15 is 0 Å². The van der Waals surface area contributed by atoms with E-state index in [0.29, 0.717) is 11.4 Å². The summed E-state index contributed by atoms with van der Waals surface area (Å²) in [6.45, 7) is 0.286. The third kappa shape index (κ3) is 3.93. The molecule has 0 aliphatic carbocycles. The number of pyridine rings is 1. The predicted molar refractivity (Wildman–Crippen MR) is 79.6 cm³/mol. The van der Waals surface area contributed by atoms with E-state index in [1.54, 1.807) is 12.4 Å². The Morgan fingerprint density at radius 3 is 2.60 bits per heavy atom. The van der Waals surface area contributed by atoms with Crippen molar-refractivity contribution in [1.82, 2.24) is 9.71 Å². The molecular formula is C13H12Cl2N2O2S. The third-order valence-electron chi connectivity index (χ3n) is 2.63. The molecule has 0 spiro atoms. The summed E-state index contributed by atoms with van der Waals surface area (Å²) in [5.41, 5.74) is 0.962. The molecule has 1 heterocycles. The Balaban J connectivity index is 2.02. The maximum Gasteiger partial charge on any atom is 0.240 e. The van der Waals surface area contributed by atoms with Gasteiger partial charge in [-0.25, -0.2) is 13.1 Å². The van der Waals surface area contributed by atoms with Crippen LogP contribution in [-0.2, 0) is 16.4 Å². The van der Waals surface area contributed by atoms with Crippen LogP contribution in [0.25, 0.3) is 0 Å². The highest BCUT2D eigenvalue weighted by Gasteiger charge is 2.14. The molecule has 2 aromatic rings. The lowest BCUT2D eigenvalue weighted by atomic mass is 10.2. The van der Waals surface area contributed by atoms with Crippen LogP contribution in [0.15, 0.2) is 47.6 Å². The number of nitrogens with zero attached hydrogens (tertiary/aromatic N) is 1. The summed E-state index contributed by atoms with van der Waals surface area (Å²) in [4.78, 5) is 4.07. The van der Waals surface area contributed by atoms with E-state index in [9.17, 15) is 8.42 Å². The Kier molecular flexibility index (Phi) is 4.99. The van der Waals surface area contributed by atoms with E-state index in [2.05, 4.69) is 9.71 Å². The van der Waals surface area contributed by atoms with Crippen LogP contribution in [0.2, 0.25) is 10.0 Å². The molecule has 0 saturated carbocycles. The van der Waals surface area contributed by atoms with Gasteiger partial charge in [-0.3, -0.25) is 4.98 Å². The van der Waals surface area contributed by atoms with Crippen LogP contribution >= 0.6 is 23.2 Å². The number of nitrogens with one attached hydrogen (secondary N) is 1. The average Bonchev–Trinajstić information content (AvgIpc) is 2.43. The summed E-state index contributed by atoms with van der Waals surface area (Å²) in [6, 6.07) is 7.90. The fourth-order valence-corrected chi connectivity index (χ4v) is 3.02. The van der Waals surface area contributed by atoms with E-state index in [4.69, 9.17) is 23.2 Å². The number of hydrogen-bond acceptors (Lipinski definition) is 3. The molecule has 0 atom stereocenters. The van der Waals surface area contributed by atoms with Gasteiger partial charge in [-0.15, -0.1) is 0 Å². The third-order valence-corrected chi connectivity index (χ3v) is 4.83. The van der Waals surface area contributed by atoms with Crippen molar-refractivity contribution in [2.24, 2.45) is 0 Å². The second kappa shape index (κ2) is 6.54. The Labute approximate surface area is 127 Å². The number of sulfonamides is 1. The zero-order chi connectivity index (χ0) is 14.6. The van der Waals surface area contributed by atoms with Gasteiger partial charge in [-0.2, -0.15) is 0 Å². The minimum absolute atomic E-state index is 0.0955. The molecule has 1 aromatic heterocycles. The molecule has 4 nitrogen and oxygen atoms in total. The monoisotopic (exact) mass is 330 g/mol. The van der Waals surface area contributed by atoms with Crippen molar-refractivity contribution in [2.45, 2.75) is 11.3 Å². The maximum atomic E-state index is 12.1. The lowest BCUT2D eigenvalue weighted by Crippen LogP contribution is -2.26. The molecule has 0 bridgehead atoms. The fraction of sp³-hybridized carbons (Fsp3) is 0.154. The highest BCUT2D eigenvalue weighted by molar-refractivity contribution is 7.89. The van der Waals surface area contributed by atoms with Gasteiger partial charge < -0.3 is 0 Å². The quantitative estimate of drug-likeness (QED) is 0.916. The summed E-state index contributed by atoms with van der Waals surface area (Å²) < 4.78 is 26.6. The van der Waals surface area contributed by atoms with Crippen LogP contribution in [0.5, 0.6) is 0 Å². The van der Waals surface area contributed by atoms with Crippen molar-refractivity contribution >= 4 is 33.2 Å². The summed E-state index contributed by atoms with van der Waals surface area (Å²) >= 11 is 11.6. The molecule has 0 saturated heterocycles. The summed E-state index contributed by atoms with van der Waals surface area (Å²) in [5, 5.41) is 0.530. The van der Waals surface area contributed by atoms with Crippen molar-refractivity contribution in [3.8, 4) is 0 Å². The lowest BCUT2D eigenvalue weighted by molar-refractivity contribution is 0.581. The first kappa shape index (κ1) is 15.3. The SMILES string of the molecule is O=S(=O)(NCCc1cccnc1)c1ccc(Cl)c(Cl)c1. The molecule has 20 heavy (non-hydrogen) atoms. The van der Waals surface area contributed by atoms with Crippen LogP contribution in [0.4, 0.5) is 0 Å². The van der Waals surface area contributed by atoms with Gasteiger partial charge in [0.15, 0.2) is 0 Å². The lowest BCUT2D eigenvalue weighted by Gasteiger charge is -2.07. The minimum atomic E-state index is -3.58. The molecule has 1 N–H and O–H groups in total. The smallest absolute Gasteiger partial charge is 0.240 e. The van der Waals surface area contributed by atoms with Crippen molar-refractivity contribution < 1.29 is 8.42 Å². The molecule has 0 unspecified atom stereocenters. The number of benzene rings is 1. The van der Waals surface area contributed by atoms with Gasteiger partial charge in [0, 0.05) is 18.9 Å².